The first-order chi connectivity index (χ1) is 13.9. The van der Waals surface area contributed by atoms with Crippen LogP contribution in [-0.2, 0) is 21.2 Å². The number of aliphatic imine (C=N–C) groups is 1. The van der Waals surface area contributed by atoms with Crippen molar-refractivity contribution < 1.29 is 23.1 Å². The highest BCUT2D eigenvalue weighted by Gasteiger charge is 2.33. The largest absolute Gasteiger partial charge is 0.487 e. The Balaban J connectivity index is 2.09. The summed E-state index contributed by atoms with van der Waals surface area (Å²) in [5, 5.41) is 8.72. The highest BCUT2D eigenvalue weighted by atomic mass is 32.2. The van der Waals surface area contributed by atoms with Crippen molar-refractivity contribution in [1.29, 1.82) is 0 Å². The summed E-state index contributed by atoms with van der Waals surface area (Å²) in [4.78, 5) is 17.3. The molecule has 1 aliphatic heterocycles. The second-order valence-electron chi connectivity index (χ2n) is 8.25. The lowest BCUT2D eigenvalue weighted by molar-refractivity contribution is -0.138. The zero-order valence-corrected chi connectivity index (χ0v) is 19.0. The zero-order valence-electron chi connectivity index (χ0n) is 18.2. The van der Waals surface area contributed by atoms with Crippen molar-refractivity contribution in [3.05, 3.63) is 22.3 Å². The average molecular weight is 441 g/mol. The summed E-state index contributed by atoms with van der Waals surface area (Å²) in [5.74, 6) is -0.265. The molecule has 0 saturated heterocycles. The molecule has 0 unspecified atom stereocenters. The number of rotatable bonds is 9. The van der Waals surface area contributed by atoms with Gasteiger partial charge in [0.2, 0.25) is 0 Å². The summed E-state index contributed by atoms with van der Waals surface area (Å²) in [5.41, 5.74) is 10.7. The molecule has 1 aromatic rings. The molecule has 1 heterocycles. The third kappa shape index (κ3) is 5.50. The van der Waals surface area contributed by atoms with Crippen LogP contribution in [0.5, 0.6) is 5.75 Å². The maximum absolute atomic E-state index is 12.9. The molecule has 0 spiro atoms. The normalized spacial score (nSPS) is 16.7. The molecular weight excluding hydrogens is 408 g/mol. The van der Waals surface area contributed by atoms with Gasteiger partial charge in [-0.1, -0.05) is 0 Å². The highest BCUT2D eigenvalue weighted by Crippen LogP contribution is 2.41. The van der Waals surface area contributed by atoms with Gasteiger partial charge in [-0.2, -0.15) is 0 Å². The Morgan fingerprint density at radius 3 is 2.60 bits per heavy atom. The van der Waals surface area contributed by atoms with E-state index in [0.29, 0.717) is 30.5 Å². The Morgan fingerprint density at radius 1 is 1.30 bits per heavy atom. The van der Waals surface area contributed by atoms with Gasteiger partial charge < -0.3 is 15.6 Å². The number of hydrogen-bond donors (Lipinski definition) is 4. The van der Waals surface area contributed by atoms with Crippen LogP contribution in [0.4, 0.5) is 0 Å². The fourth-order valence-electron chi connectivity index (χ4n) is 3.54. The number of sulfonamides is 1. The molecule has 0 saturated carbocycles. The topological polar surface area (TPSA) is 143 Å². The van der Waals surface area contributed by atoms with Gasteiger partial charge in [0, 0.05) is 6.54 Å². The standard InChI is InChI=1S/C20H32N4O5S/c1-12-13(2)18(14(3)15-8-9-20(4,5)29-17(12)15)30(27,28)24-23-11-22-10-6-7-16(21)19(25)26/h11,16,24H,6-10,21H2,1-5H3,(H,22,23)(H,25,26)/t16-/m1/s1. The van der Waals surface area contributed by atoms with Crippen LogP contribution in [0.15, 0.2) is 9.89 Å². The van der Waals surface area contributed by atoms with Gasteiger partial charge >= 0.3 is 5.97 Å². The number of nitrogens with zero attached hydrogens (tertiary/aromatic N) is 1. The first-order valence-corrected chi connectivity index (χ1v) is 11.4. The number of carboxylic acid groups (broad SMARTS) is 1. The van der Waals surface area contributed by atoms with E-state index in [2.05, 4.69) is 15.2 Å². The molecule has 0 bridgehead atoms. The first-order valence-electron chi connectivity index (χ1n) is 9.93. The summed E-state index contributed by atoms with van der Waals surface area (Å²) in [6.45, 7) is 9.86. The molecular formula is C20H32N4O5S. The predicted octanol–water partition coefficient (Wildman–Crippen LogP) is 1.72. The Bertz CT molecular complexity index is 941. The van der Waals surface area contributed by atoms with Gasteiger partial charge in [-0.25, -0.2) is 8.42 Å². The number of carboxylic acids is 1. The van der Waals surface area contributed by atoms with Gasteiger partial charge in [0.05, 0.1) is 11.2 Å². The van der Waals surface area contributed by atoms with Crippen LogP contribution in [0.1, 0.15) is 55.4 Å². The number of ether oxygens (including phenoxy) is 1. The number of fused-ring (bicyclic) bond motifs is 1. The molecule has 0 amide bonds. The number of aliphatic carboxylic acids is 1. The molecule has 0 radical (unpaired) electrons. The first kappa shape index (κ1) is 24.1. The Morgan fingerprint density at radius 2 is 1.97 bits per heavy atom. The maximum Gasteiger partial charge on any atom is 0.320 e. The third-order valence-corrected chi connectivity index (χ3v) is 6.94. The average Bonchev–Trinajstić information content (AvgIpc) is 2.64. The number of nitrogens with one attached hydrogen (secondary N) is 2. The van der Waals surface area contributed by atoms with E-state index in [1.54, 1.807) is 13.8 Å². The summed E-state index contributed by atoms with van der Waals surface area (Å²) in [7, 11) is -3.83. The fraction of sp³-hybridized carbons (Fsp3) is 0.600. The number of carbonyl (C=O) groups is 1. The SMILES string of the molecule is Cc1c(C)c(S(=O)(=O)NNC=NCCC[C@@H](N)C(=O)O)c(C)c2c1OC(C)(C)CC2. The minimum atomic E-state index is -3.83. The smallest absolute Gasteiger partial charge is 0.320 e. The third-order valence-electron chi connectivity index (χ3n) is 5.40. The Hall–Kier alpha value is -2.17. The number of hydrazine groups is 1. The molecule has 1 aromatic carbocycles. The minimum Gasteiger partial charge on any atom is -0.487 e. The molecule has 0 fully saturated rings. The minimum absolute atomic E-state index is 0.246. The molecule has 1 aliphatic rings. The van der Waals surface area contributed by atoms with Crippen molar-refractivity contribution in [2.45, 2.75) is 76.8 Å². The van der Waals surface area contributed by atoms with Crippen LogP contribution in [0.2, 0.25) is 0 Å². The van der Waals surface area contributed by atoms with Gasteiger partial charge in [-0.3, -0.25) is 15.2 Å². The van der Waals surface area contributed by atoms with E-state index in [4.69, 9.17) is 15.6 Å². The van der Waals surface area contributed by atoms with E-state index in [9.17, 15) is 13.2 Å². The molecule has 0 aliphatic carbocycles. The second-order valence-corrected chi connectivity index (χ2v) is 9.86. The van der Waals surface area contributed by atoms with Crippen LogP contribution < -0.4 is 20.7 Å². The molecule has 9 nitrogen and oxygen atoms in total. The number of nitrogens with two attached hydrogens (primary N) is 1. The molecule has 1 atom stereocenters. The summed E-state index contributed by atoms with van der Waals surface area (Å²) in [6, 6.07) is -0.917. The Labute approximate surface area is 178 Å². The lowest BCUT2D eigenvalue weighted by Crippen LogP contribution is -2.38. The van der Waals surface area contributed by atoms with Crippen LogP contribution in [0, 0.1) is 20.8 Å². The maximum atomic E-state index is 12.9. The quantitative estimate of drug-likeness (QED) is 0.198. The van der Waals surface area contributed by atoms with Gasteiger partial charge in [0.15, 0.2) is 0 Å². The van der Waals surface area contributed by atoms with E-state index in [1.165, 1.54) is 6.34 Å². The van der Waals surface area contributed by atoms with Crippen LogP contribution in [0.3, 0.4) is 0 Å². The van der Waals surface area contributed by atoms with Gasteiger partial charge in [0.1, 0.15) is 17.4 Å². The van der Waals surface area contributed by atoms with E-state index < -0.39 is 22.0 Å². The van der Waals surface area contributed by atoms with Crippen LogP contribution in [-0.4, -0.2) is 44.0 Å². The van der Waals surface area contributed by atoms with Crippen molar-refractivity contribution >= 4 is 22.3 Å². The summed E-state index contributed by atoms with van der Waals surface area (Å²) in [6.07, 6.45) is 3.59. The zero-order chi connectivity index (χ0) is 22.7. The summed E-state index contributed by atoms with van der Waals surface area (Å²) < 4.78 is 32.0. The van der Waals surface area contributed by atoms with Crippen molar-refractivity contribution in [2.75, 3.05) is 6.54 Å². The number of hydrogen-bond acceptors (Lipinski definition) is 6. The number of benzene rings is 1. The summed E-state index contributed by atoms with van der Waals surface area (Å²) >= 11 is 0. The molecule has 30 heavy (non-hydrogen) atoms. The van der Waals surface area contributed by atoms with Gasteiger partial charge in [-0.15, -0.1) is 4.83 Å². The predicted molar refractivity (Wildman–Crippen MR) is 115 cm³/mol. The van der Waals surface area contributed by atoms with E-state index >= 15 is 0 Å². The van der Waals surface area contributed by atoms with Crippen molar-refractivity contribution in [1.82, 2.24) is 10.3 Å². The molecule has 0 aromatic heterocycles. The monoisotopic (exact) mass is 440 g/mol. The lowest BCUT2D eigenvalue weighted by Gasteiger charge is -2.35. The molecule has 2 rings (SSSR count). The van der Waals surface area contributed by atoms with E-state index in [1.807, 2.05) is 20.8 Å². The van der Waals surface area contributed by atoms with Crippen LogP contribution >= 0.6 is 0 Å². The molecule has 5 N–H and O–H groups in total. The highest BCUT2D eigenvalue weighted by molar-refractivity contribution is 7.89. The second kappa shape index (κ2) is 9.32. The van der Waals surface area contributed by atoms with Crippen molar-refractivity contribution in [3.63, 3.8) is 0 Å². The van der Waals surface area contributed by atoms with E-state index in [0.717, 1.165) is 29.7 Å². The van der Waals surface area contributed by atoms with Crippen LogP contribution in [0.25, 0.3) is 0 Å². The Kier molecular flexibility index (Phi) is 7.49. The van der Waals surface area contributed by atoms with Crippen molar-refractivity contribution in [3.8, 4) is 5.75 Å². The molecule has 10 heteroatoms. The lowest BCUT2D eigenvalue weighted by atomic mass is 9.88. The van der Waals surface area contributed by atoms with E-state index in [-0.39, 0.29) is 10.5 Å². The fourth-order valence-corrected chi connectivity index (χ4v) is 4.93. The van der Waals surface area contributed by atoms with Gasteiger partial charge in [-0.05, 0) is 82.6 Å². The molecule has 168 valence electrons. The van der Waals surface area contributed by atoms with Gasteiger partial charge in [0.25, 0.3) is 10.0 Å². The van der Waals surface area contributed by atoms with Crippen molar-refractivity contribution in [2.24, 2.45) is 10.7 Å².